The summed E-state index contributed by atoms with van der Waals surface area (Å²) >= 11 is 0. The number of hydrogen-bond donors (Lipinski definition) is 1. The second kappa shape index (κ2) is 5.29. The van der Waals surface area contributed by atoms with Gasteiger partial charge < -0.3 is 14.7 Å². The molecule has 1 unspecified atom stereocenters. The molecule has 4 nitrogen and oxygen atoms in total. The number of morpholine rings is 1. The number of ether oxygens (including phenoxy) is 1. The normalized spacial score (nSPS) is 20.7. The SMILES string of the molecule is CCc1ccccc1N1CCOC(CO)C1=O. The number of aryl methyl sites for hydroxylation is 1. The van der Waals surface area contributed by atoms with Gasteiger partial charge in [-0.3, -0.25) is 4.79 Å². The number of rotatable bonds is 3. The van der Waals surface area contributed by atoms with E-state index in [4.69, 9.17) is 9.84 Å². The molecule has 0 spiro atoms. The van der Waals surface area contributed by atoms with Crippen LogP contribution in [0, 0.1) is 0 Å². The molecule has 1 atom stereocenters. The molecule has 1 amide bonds. The molecule has 1 N–H and O–H groups in total. The molecule has 1 aromatic rings. The summed E-state index contributed by atoms with van der Waals surface area (Å²) in [6.07, 6.45) is 0.165. The molecule has 1 aliphatic heterocycles. The van der Waals surface area contributed by atoms with E-state index < -0.39 is 6.10 Å². The van der Waals surface area contributed by atoms with Gasteiger partial charge >= 0.3 is 0 Å². The van der Waals surface area contributed by atoms with E-state index in [0.717, 1.165) is 17.7 Å². The lowest BCUT2D eigenvalue weighted by atomic mass is 10.1. The van der Waals surface area contributed by atoms with E-state index >= 15 is 0 Å². The zero-order valence-electron chi connectivity index (χ0n) is 9.93. The summed E-state index contributed by atoms with van der Waals surface area (Å²) in [5, 5.41) is 9.08. The Bertz CT molecular complexity index is 405. The second-order valence-corrected chi connectivity index (χ2v) is 4.01. The van der Waals surface area contributed by atoms with Crippen LogP contribution in [-0.2, 0) is 16.0 Å². The van der Waals surface area contributed by atoms with E-state index in [1.54, 1.807) is 4.90 Å². The van der Waals surface area contributed by atoms with Crippen molar-refractivity contribution in [3.63, 3.8) is 0 Å². The van der Waals surface area contributed by atoms with Crippen molar-refractivity contribution in [2.24, 2.45) is 0 Å². The lowest BCUT2D eigenvalue weighted by molar-refractivity contribution is -0.136. The zero-order chi connectivity index (χ0) is 12.3. The molecule has 1 aliphatic rings. The Morgan fingerprint density at radius 1 is 1.47 bits per heavy atom. The van der Waals surface area contributed by atoms with Gasteiger partial charge in [0.05, 0.1) is 13.2 Å². The molecular formula is C13H17NO3. The van der Waals surface area contributed by atoms with E-state index in [-0.39, 0.29) is 12.5 Å². The molecule has 2 rings (SSSR count). The minimum Gasteiger partial charge on any atom is -0.393 e. The van der Waals surface area contributed by atoms with Gasteiger partial charge in [0, 0.05) is 12.2 Å². The molecule has 1 heterocycles. The first-order valence-electron chi connectivity index (χ1n) is 5.89. The van der Waals surface area contributed by atoms with E-state index in [9.17, 15) is 4.79 Å². The third-order valence-electron chi connectivity index (χ3n) is 3.00. The number of benzene rings is 1. The highest BCUT2D eigenvalue weighted by molar-refractivity contribution is 5.97. The summed E-state index contributed by atoms with van der Waals surface area (Å²) in [7, 11) is 0. The smallest absolute Gasteiger partial charge is 0.258 e. The number of anilines is 1. The summed E-state index contributed by atoms with van der Waals surface area (Å²) in [5.41, 5.74) is 2.07. The second-order valence-electron chi connectivity index (χ2n) is 4.01. The Kier molecular flexibility index (Phi) is 3.76. The lowest BCUT2D eigenvalue weighted by Crippen LogP contribution is -2.49. The van der Waals surface area contributed by atoms with Gasteiger partial charge in [-0.15, -0.1) is 0 Å². The van der Waals surface area contributed by atoms with E-state index in [0.29, 0.717) is 13.2 Å². The highest BCUT2D eigenvalue weighted by atomic mass is 16.5. The van der Waals surface area contributed by atoms with Crippen molar-refractivity contribution in [2.45, 2.75) is 19.4 Å². The van der Waals surface area contributed by atoms with E-state index in [1.807, 2.05) is 24.3 Å². The molecule has 0 aliphatic carbocycles. The minimum atomic E-state index is -0.714. The minimum absolute atomic E-state index is 0.153. The topological polar surface area (TPSA) is 49.8 Å². The quantitative estimate of drug-likeness (QED) is 0.849. The van der Waals surface area contributed by atoms with Crippen molar-refractivity contribution in [1.82, 2.24) is 0 Å². The molecule has 0 radical (unpaired) electrons. The molecule has 4 heteroatoms. The van der Waals surface area contributed by atoms with Gasteiger partial charge in [-0.25, -0.2) is 0 Å². The average Bonchev–Trinajstić information content (AvgIpc) is 2.39. The molecule has 1 saturated heterocycles. The van der Waals surface area contributed by atoms with Gasteiger partial charge in [0.2, 0.25) is 0 Å². The number of aliphatic hydroxyl groups is 1. The third-order valence-corrected chi connectivity index (χ3v) is 3.00. The van der Waals surface area contributed by atoms with Gasteiger partial charge in [-0.05, 0) is 18.1 Å². The molecule has 17 heavy (non-hydrogen) atoms. The molecule has 0 bridgehead atoms. The van der Waals surface area contributed by atoms with Gasteiger partial charge in [-0.1, -0.05) is 25.1 Å². The fourth-order valence-electron chi connectivity index (χ4n) is 2.08. The number of nitrogens with zero attached hydrogens (tertiary/aromatic N) is 1. The van der Waals surface area contributed by atoms with Crippen molar-refractivity contribution >= 4 is 11.6 Å². The third kappa shape index (κ3) is 2.33. The van der Waals surface area contributed by atoms with Crippen molar-refractivity contribution in [1.29, 1.82) is 0 Å². The fourth-order valence-corrected chi connectivity index (χ4v) is 2.08. The van der Waals surface area contributed by atoms with Crippen LogP contribution in [0.1, 0.15) is 12.5 Å². The molecule has 1 fully saturated rings. The summed E-state index contributed by atoms with van der Waals surface area (Å²) in [6, 6.07) is 7.85. The van der Waals surface area contributed by atoms with Crippen LogP contribution in [0.4, 0.5) is 5.69 Å². The number of amides is 1. The van der Waals surface area contributed by atoms with Gasteiger partial charge in [0.1, 0.15) is 0 Å². The molecule has 0 aromatic heterocycles. The highest BCUT2D eigenvalue weighted by Crippen LogP contribution is 2.23. The maximum absolute atomic E-state index is 12.1. The molecule has 1 aromatic carbocycles. The van der Waals surface area contributed by atoms with Crippen molar-refractivity contribution < 1.29 is 14.6 Å². The van der Waals surface area contributed by atoms with Crippen LogP contribution in [-0.4, -0.2) is 36.9 Å². The van der Waals surface area contributed by atoms with Crippen LogP contribution in [0.25, 0.3) is 0 Å². The molecule has 0 saturated carbocycles. The number of para-hydroxylation sites is 1. The monoisotopic (exact) mass is 235 g/mol. The van der Waals surface area contributed by atoms with Gasteiger partial charge in [0.15, 0.2) is 6.10 Å². The lowest BCUT2D eigenvalue weighted by Gasteiger charge is -2.32. The van der Waals surface area contributed by atoms with E-state index in [1.165, 1.54) is 0 Å². The highest BCUT2D eigenvalue weighted by Gasteiger charge is 2.30. The Morgan fingerprint density at radius 2 is 2.24 bits per heavy atom. The van der Waals surface area contributed by atoms with Crippen LogP contribution in [0.3, 0.4) is 0 Å². The number of carbonyl (C=O) groups excluding carboxylic acids is 1. The first-order valence-corrected chi connectivity index (χ1v) is 5.89. The molecular weight excluding hydrogens is 218 g/mol. The van der Waals surface area contributed by atoms with Crippen molar-refractivity contribution in [3.05, 3.63) is 29.8 Å². The van der Waals surface area contributed by atoms with Crippen LogP contribution in [0.5, 0.6) is 0 Å². The van der Waals surface area contributed by atoms with Gasteiger partial charge in [0.25, 0.3) is 5.91 Å². The maximum Gasteiger partial charge on any atom is 0.258 e. The zero-order valence-corrected chi connectivity index (χ0v) is 9.93. The summed E-state index contributed by atoms with van der Waals surface area (Å²) in [5.74, 6) is -0.153. The van der Waals surface area contributed by atoms with Crippen molar-refractivity contribution in [3.8, 4) is 0 Å². The standard InChI is InChI=1S/C13H17NO3/c1-2-10-5-3-4-6-11(10)14-7-8-17-12(9-15)13(14)16/h3-6,12,15H,2,7-9H2,1H3. The molecule has 92 valence electrons. The fraction of sp³-hybridized carbons (Fsp3) is 0.462. The van der Waals surface area contributed by atoms with Crippen LogP contribution < -0.4 is 4.90 Å². The number of hydrogen-bond acceptors (Lipinski definition) is 3. The summed E-state index contributed by atoms with van der Waals surface area (Å²) in [6.45, 7) is 2.82. The van der Waals surface area contributed by atoms with Crippen LogP contribution in [0.15, 0.2) is 24.3 Å². The average molecular weight is 235 g/mol. The Labute approximate surface area is 101 Å². The largest absolute Gasteiger partial charge is 0.393 e. The maximum atomic E-state index is 12.1. The first-order chi connectivity index (χ1) is 8.27. The van der Waals surface area contributed by atoms with Crippen LogP contribution in [0.2, 0.25) is 0 Å². The Hall–Kier alpha value is -1.39. The Morgan fingerprint density at radius 3 is 2.94 bits per heavy atom. The first kappa shape index (κ1) is 12.1. The van der Waals surface area contributed by atoms with Crippen molar-refractivity contribution in [2.75, 3.05) is 24.7 Å². The summed E-state index contributed by atoms with van der Waals surface area (Å²) in [4.78, 5) is 13.8. The summed E-state index contributed by atoms with van der Waals surface area (Å²) < 4.78 is 5.22. The van der Waals surface area contributed by atoms with E-state index in [2.05, 4.69) is 6.92 Å². The Balaban J connectivity index is 2.29. The number of aliphatic hydroxyl groups excluding tert-OH is 1. The van der Waals surface area contributed by atoms with Crippen LogP contribution >= 0.6 is 0 Å². The predicted molar refractivity (Wildman–Crippen MR) is 65.0 cm³/mol. The van der Waals surface area contributed by atoms with Gasteiger partial charge in [-0.2, -0.15) is 0 Å². The predicted octanol–water partition coefficient (Wildman–Crippen LogP) is 0.973. The number of carbonyl (C=O) groups is 1.